The third-order valence-electron chi connectivity index (χ3n) is 2.12. The summed E-state index contributed by atoms with van der Waals surface area (Å²) in [6.45, 7) is 0. The van der Waals surface area contributed by atoms with Crippen molar-refractivity contribution in [3.63, 3.8) is 0 Å². The van der Waals surface area contributed by atoms with Gasteiger partial charge in [0.05, 0.1) is 5.56 Å². The van der Waals surface area contributed by atoms with E-state index in [1.54, 1.807) is 30.3 Å². The molecule has 2 aromatic rings. The number of nitrogens with zero attached hydrogens (tertiary/aromatic N) is 1. The predicted molar refractivity (Wildman–Crippen MR) is 65.3 cm³/mol. The van der Waals surface area contributed by atoms with E-state index < -0.39 is 5.82 Å². The summed E-state index contributed by atoms with van der Waals surface area (Å²) in [7, 11) is 0. The highest BCUT2D eigenvalue weighted by molar-refractivity contribution is 9.10. The minimum absolute atomic E-state index is 0.103. The Bertz CT molecular complexity index is 592. The molecule has 0 amide bonds. The monoisotopic (exact) mass is 291 g/mol. The lowest BCUT2D eigenvalue weighted by atomic mass is 10.2. The first-order valence-electron chi connectivity index (χ1n) is 4.83. The molecule has 4 heteroatoms. The largest absolute Gasteiger partial charge is 0.453 e. The highest BCUT2D eigenvalue weighted by Gasteiger charge is 2.08. The maximum Gasteiger partial charge on any atom is 0.165 e. The van der Waals surface area contributed by atoms with Crippen LogP contribution >= 0.6 is 15.9 Å². The molecule has 0 unspecified atom stereocenters. The SMILES string of the molecule is N#Cc1cc(Br)ccc1Oc1ccccc1F. The molecular formula is C13H7BrFNO. The van der Waals surface area contributed by atoms with Gasteiger partial charge in [-0.1, -0.05) is 28.1 Å². The molecule has 0 saturated heterocycles. The number of rotatable bonds is 2. The lowest BCUT2D eigenvalue weighted by molar-refractivity contribution is 0.441. The summed E-state index contributed by atoms with van der Waals surface area (Å²) in [6, 6.07) is 13.0. The van der Waals surface area contributed by atoms with E-state index >= 15 is 0 Å². The van der Waals surface area contributed by atoms with E-state index in [9.17, 15) is 4.39 Å². The van der Waals surface area contributed by atoms with Crippen molar-refractivity contribution in [2.75, 3.05) is 0 Å². The second kappa shape index (κ2) is 4.98. The van der Waals surface area contributed by atoms with E-state index in [4.69, 9.17) is 10.00 Å². The average molecular weight is 292 g/mol. The van der Waals surface area contributed by atoms with Gasteiger partial charge in [0.1, 0.15) is 11.8 Å². The summed E-state index contributed by atoms with van der Waals surface area (Å²) < 4.78 is 19.5. The van der Waals surface area contributed by atoms with Crippen LogP contribution < -0.4 is 4.74 Å². The van der Waals surface area contributed by atoms with Crippen molar-refractivity contribution < 1.29 is 9.13 Å². The maximum absolute atomic E-state index is 13.4. The van der Waals surface area contributed by atoms with Gasteiger partial charge in [0, 0.05) is 4.47 Å². The van der Waals surface area contributed by atoms with Gasteiger partial charge in [-0.05, 0) is 30.3 Å². The van der Waals surface area contributed by atoms with Gasteiger partial charge >= 0.3 is 0 Å². The first kappa shape index (κ1) is 11.6. The molecule has 0 aliphatic heterocycles. The number of ether oxygens (including phenoxy) is 1. The van der Waals surface area contributed by atoms with Crippen molar-refractivity contribution in [3.8, 4) is 17.6 Å². The number of halogens is 2. The maximum atomic E-state index is 13.4. The Balaban J connectivity index is 2.37. The first-order chi connectivity index (χ1) is 8.20. The van der Waals surface area contributed by atoms with E-state index in [0.717, 1.165) is 4.47 Å². The van der Waals surface area contributed by atoms with Crippen LogP contribution in [0.1, 0.15) is 5.56 Å². The molecule has 0 atom stereocenters. The Morgan fingerprint density at radius 3 is 2.59 bits per heavy atom. The quantitative estimate of drug-likeness (QED) is 0.828. The van der Waals surface area contributed by atoms with Gasteiger partial charge in [-0.15, -0.1) is 0 Å². The Labute approximate surface area is 106 Å². The minimum Gasteiger partial charge on any atom is -0.453 e. The zero-order chi connectivity index (χ0) is 12.3. The molecule has 0 aromatic heterocycles. The second-order valence-electron chi connectivity index (χ2n) is 3.28. The molecule has 0 spiro atoms. The Morgan fingerprint density at radius 2 is 1.88 bits per heavy atom. The fraction of sp³-hybridized carbons (Fsp3) is 0. The molecule has 0 fully saturated rings. The minimum atomic E-state index is -0.459. The van der Waals surface area contributed by atoms with E-state index in [1.807, 2.05) is 6.07 Å². The molecule has 2 nitrogen and oxygen atoms in total. The van der Waals surface area contributed by atoms with Crippen LogP contribution in [0.25, 0.3) is 0 Å². The van der Waals surface area contributed by atoms with Gasteiger partial charge in [-0.2, -0.15) is 5.26 Å². The summed E-state index contributed by atoms with van der Waals surface area (Å²) in [6.07, 6.45) is 0. The fourth-order valence-corrected chi connectivity index (χ4v) is 1.69. The Kier molecular flexibility index (Phi) is 3.40. The molecule has 0 radical (unpaired) electrons. The fourth-order valence-electron chi connectivity index (χ4n) is 1.32. The zero-order valence-electron chi connectivity index (χ0n) is 8.65. The number of para-hydroxylation sites is 1. The molecule has 0 N–H and O–H groups in total. The van der Waals surface area contributed by atoms with Crippen LogP contribution in [0, 0.1) is 17.1 Å². The van der Waals surface area contributed by atoms with Crippen molar-refractivity contribution in [3.05, 3.63) is 58.3 Å². The highest BCUT2D eigenvalue weighted by Crippen LogP contribution is 2.28. The van der Waals surface area contributed by atoms with E-state index in [0.29, 0.717) is 11.3 Å². The Hall–Kier alpha value is -1.86. The molecular weight excluding hydrogens is 285 g/mol. The molecule has 84 valence electrons. The average Bonchev–Trinajstić information content (AvgIpc) is 2.34. The van der Waals surface area contributed by atoms with Crippen LogP contribution in [-0.2, 0) is 0 Å². The van der Waals surface area contributed by atoms with Crippen LogP contribution in [0.4, 0.5) is 4.39 Å². The molecule has 0 saturated carbocycles. The van der Waals surface area contributed by atoms with Gasteiger partial charge < -0.3 is 4.74 Å². The molecule has 0 bridgehead atoms. The number of nitriles is 1. The zero-order valence-corrected chi connectivity index (χ0v) is 10.2. The third kappa shape index (κ3) is 2.63. The van der Waals surface area contributed by atoms with Crippen molar-refractivity contribution in [2.45, 2.75) is 0 Å². The summed E-state index contributed by atoms with van der Waals surface area (Å²) in [5, 5.41) is 8.95. The standard InChI is InChI=1S/C13H7BrFNO/c14-10-5-6-12(9(7-10)8-16)17-13-4-2-1-3-11(13)15/h1-7H. The predicted octanol–water partition coefficient (Wildman–Crippen LogP) is 4.25. The molecule has 0 aliphatic rings. The van der Waals surface area contributed by atoms with Gasteiger partial charge in [0.2, 0.25) is 0 Å². The van der Waals surface area contributed by atoms with Crippen LogP contribution in [0.5, 0.6) is 11.5 Å². The summed E-state index contributed by atoms with van der Waals surface area (Å²) in [5.41, 5.74) is 0.350. The van der Waals surface area contributed by atoms with Gasteiger partial charge in [0.15, 0.2) is 11.6 Å². The molecule has 2 rings (SSSR count). The van der Waals surface area contributed by atoms with Gasteiger partial charge in [-0.25, -0.2) is 4.39 Å². The third-order valence-corrected chi connectivity index (χ3v) is 2.61. The lowest BCUT2D eigenvalue weighted by Crippen LogP contribution is -1.90. The van der Waals surface area contributed by atoms with E-state index in [1.165, 1.54) is 12.1 Å². The summed E-state index contributed by atoms with van der Waals surface area (Å²) >= 11 is 3.26. The Morgan fingerprint density at radius 1 is 1.12 bits per heavy atom. The lowest BCUT2D eigenvalue weighted by Gasteiger charge is -2.08. The van der Waals surface area contributed by atoms with Crippen LogP contribution in [0.15, 0.2) is 46.9 Å². The first-order valence-corrected chi connectivity index (χ1v) is 5.62. The topological polar surface area (TPSA) is 33.0 Å². The smallest absolute Gasteiger partial charge is 0.165 e. The van der Waals surface area contributed by atoms with Gasteiger partial charge in [0.25, 0.3) is 0 Å². The number of hydrogen-bond acceptors (Lipinski definition) is 2. The van der Waals surface area contributed by atoms with Crippen LogP contribution in [-0.4, -0.2) is 0 Å². The van der Waals surface area contributed by atoms with Crippen LogP contribution in [0.2, 0.25) is 0 Å². The molecule has 0 aliphatic carbocycles. The van der Waals surface area contributed by atoms with Crippen LogP contribution in [0.3, 0.4) is 0 Å². The summed E-state index contributed by atoms with van der Waals surface area (Å²) in [5.74, 6) is -0.0218. The van der Waals surface area contributed by atoms with Crippen molar-refractivity contribution >= 4 is 15.9 Å². The van der Waals surface area contributed by atoms with Crippen molar-refractivity contribution in [2.24, 2.45) is 0 Å². The molecule has 0 heterocycles. The normalized spacial score (nSPS) is 9.71. The summed E-state index contributed by atoms with van der Waals surface area (Å²) in [4.78, 5) is 0. The van der Waals surface area contributed by atoms with Crippen molar-refractivity contribution in [1.82, 2.24) is 0 Å². The van der Waals surface area contributed by atoms with E-state index in [-0.39, 0.29) is 5.75 Å². The molecule has 2 aromatic carbocycles. The number of benzene rings is 2. The van der Waals surface area contributed by atoms with Crippen molar-refractivity contribution in [1.29, 1.82) is 5.26 Å². The molecule has 17 heavy (non-hydrogen) atoms. The van der Waals surface area contributed by atoms with E-state index in [2.05, 4.69) is 15.9 Å². The second-order valence-corrected chi connectivity index (χ2v) is 4.20. The van der Waals surface area contributed by atoms with Gasteiger partial charge in [-0.3, -0.25) is 0 Å². The highest BCUT2D eigenvalue weighted by atomic mass is 79.9. The number of hydrogen-bond donors (Lipinski definition) is 0.